The Labute approximate surface area is 241 Å². The molecule has 0 bridgehead atoms. The van der Waals surface area contributed by atoms with E-state index in [9.17, 15) is 24.4 Å². The highest BCUT2D eigenvalue weighted by molar-refractivity contribution is 6.62. The van der Waals surface area contributed by atoms with Crippen LogP contribution < -0.4 is 22.0 Å². The van der Waals surface area contributed by atoms with E-state index in [2.05, 4.69) is 10.3 Å². The largest absolute Gasteiger partial charge is 0.491 e. The number of fused-ring (bicyclic) bond motifs is 3. The number of benzene rings is 3. The van der Waals surface area contributed by atoms with E-state index >= 15 is 0 Å². The van der Waals surface area contributed by atoms with Gasteiger partial charge in [-0.15, -0.1) is 0 Å². The first-order valence-corrected chi connectivity index (χ1v) is 13.4. The van der Waals surface area contributed by atoms with Gasteiger partial charge >= 0.3 is 14.2 Å². The van der Waals surface area contributed by atoms with Gasteiger partial charge in [0.1, 0.15) is 6.04 Å². The quantitative estimate of drug-likeness (QED) is 0.210. The number of rotatable bonds is 8. The highest BCUT2D eigenvalue weighted by Crippen LogP contribution is 2.21. The van der Waals surface area contributed by atoms with E-state index in [0.29, 0.717) is 10.9 Å². The number of amides is 3. The van der Waals surface area contributed by atoms with E-state index in [1.165, 1.54) is 11.0 Å². The molecule has 3 heterocycles. The third kappa shape index (κ3) is 5.38. The molecule has 2 aliphatic heterocycles. The molecule has 42 heavy (non-hydrogen) atoms. The first-order chi connectivity index (χ1) is 20.3. The number of nitrogens with zero attached hydrogens (tertiary/aromatic N) is 2. The molecule has 5 N–H and O–H groups in total. The van der Waals surface area contributed by atoms with E-state index in [0.717, 1.165) is 27.6 Å². The van der Waals surface area contributed by atoms with Crippen molar-refractivity contribution in [3.8, 4) is 0 Å². The first-order valence-electron chi connectivity index (χ1n) is 13.4. The van der Waals surface area contributed by atoms with Gasteiger partial charge in [0.05, 0.1) is 25.3 Å². The second-order valence-electron chi connectivity index (χ2n) is 10.3. The summed E-state index contributed by atoms with van der Waals surface area (Å²) in [5, 5.41) is 23.7. The molecule has 1 aromatic heterocycles. The summed E-state index contributed by atoms with van der Waals surface area (Å²) in [6.45, 7) is 0.317. The lowest BCUT2D eigenvalue weighted by Gasteiger charge is -2.28. The minimum absolute atomic E-state index is 0.0834. The monoisotopic (exact) mass is 564 g/mol. The Morgan fingerprint density at radius 3 is 2.29 bits per heavy atom. The summed E-state index contributed by atoms with van der Waals surface area (Å²) in [4.78, 5) is 45.6. The second kappa shape index (κ2) is 11.4. The Hall–Kier alpha value is -4.55. The summed E-state index contributed by atoms with van der Waals surface area (Å²) in [5.74, 6) is -1.86. The molecular formula is C29H26B2N4O7. The van der Waals surface area contributed by atoms with Gasteiger partial charge in [0.25, 0.3) is 11.8 Å². The van der Waals surface area contributed by atoms with Crippen molar-refractivity contribution in [1.82, 2.24) is 15.2 Å². The normalized spacial score (nSPS) is 14.4. The maximum absolute atomic E-state index is 14.0. The van der Waals surface area contributed by atoms with Crippen molar-refractivity contribution < 1.29 is 33.7 Å². The van der Waals surface area contributed by atoms with Gasteiger partial charge in [-0.05, 0) is 64.0 Å². The third-order valence-corrected chi connectivity index (χ3v) is 7.56. The number of primary amides is 1. The molecule has 0 saturated carbocycles. The second-order valence-corrected chi connectivity index (χ2v) is 10.3. The lowest BCUT2D eigenvalue weighted by atomic mass is 9.78. The van der Waals surface area contributed by atoms with Gasteiger partial charge in [-0.2, -0.15) is 0 Å². The van der Waals surface area contributed by atoms with Crippen molar-refractivity contribution in [3.05, 3.63) is 101 Å². The molecule has 3 amide bonds. The van der Waals surface area contributed by atoms with Crippen LogP contribution in [0.25, 0.3) is 10.9 Å². The van der Waals surface area contributed by atoms with E-state index in [1.807, 2.05) is 24.3 Å². The van der Waals surface area contributed by atoms with Crippen LogP contribution in [0.4, 0.5) is 0 Å². The van der Waals surface area contributed by atoms with Crippen LogP contribution in [0, 0.1) is 0 Å². The standard InChI is InChI=1S/C29H26B2N4O7/c32-27(36)26(34-28(37)17-6-8-20-15-41-30(39)23(20)11-17)14-35(13-19-3-1-5-25-22(19)4-2-10-33-25)29(38)18-7-9-21-16-42-31(40)24(21)12-18/h1-12,26,39-40H,13-16H2,(H2,32,36)(H,34,37)/t26-/m0/s1. The molecule has 210 valence electrons. The Kier molecular flexibility index (Phi) is 7.48. The van der Waals surface area contributed by atoms with Crippen LogP contribution in [0.2, 0.25) is 0 Å². The van der Waals surface area contributed by atoms with Gasteiger partial charge in [-0.25, -0.2) is 0 Å². The number of hydrogen-bond acceptors (Lipinski definition) is 8. The lowest BCUT2D eigenvalue weighted by Crippen LogP contribution is -2.52. The maximum atomic E-state index is 14.0. The summed E-state index contributed by atoms with van der Waals surface area (Å²) < 4.78 is 10.5. The summed E-state index contributed by atoms with van der Waals surface area (Å²) >= 11 is 0. The van der Waals surface area contributed by atoms with Crippen LogP contribution in [0.15, 0.2) is 72.9 Å². The van der Waals surface area contributed by atoms with E-state index in [1.54, 1.807) is 42.6 Å². The number of carbonyl (C=O) groups is 3. The Balaban J connectivity index is 1.31. The number of nitrogens with two attached hydrogens (primary N) is 1. The number of aromatic nitrogens is 1. The SMILES string of the molecule is NC(=O)[C@H](CN(Cc1cccc2ncccc12)C(=O)c1ccc2c(c1)B(O)OC2)NC(=O)c1ccc2c(c1)B(O)OC2. The first kappa shape index (κ1) is 27.6. The molecule has 4 aromatic rings. The van der Waals surface area contributed by atoms with Crippen LogP contribution in [0.3, 0.4) is 0 Å². The van der Waals surface area contributed by atoms with Crippen molar-refractivity contribution >= 4 is 53.8 Å². The number of pyridine rings is 1. The van der Waals surface area contributed by atoms with Crippen molar-refractivity contribution in [3.63, 3.8) is 0 Å². The minimum atomic E-state index is -1.24. The van der Waals surface area contributed by atoms with Crippen molar-refractivity contribution in [2.24, 2.45) is 5.73 Å². The molecule has 3 aromatic carbocycles. The molecule has 0 aliphatic carbocycles. The number of nitrogens with one attached hydrogen (secondary N) is 1. The Morgan fingerprint density at radius 2 is 1.60 bits per heavy atom. The van der Waals surface area contributed by atoms with Gasteiger partial charge in [-0.1, -0.05) is 30.3 Å². The van der Waals surface area contributed by atoms with E-state index in [-0.39, 0.29) is 37.4 Å². The number of hydrogen-bond donors (Lipinski definition) is 4. The van der Waals surface area contributed by atoms with Crippen LogP contribution in [-0.2, 0) is 33.9 Å². The van der Waals surface area contributed by atoms with E-state index in [4.69, 9.17) is 15.0 Å². The molecule has 6 rings (SSSR count). The molecule has 0 spiro atoms. The maximum Gasteiger partial charge on any atom is 0.491 e. The van der Waals surface area contributed by atoms with Crippen LogP contribution in [-0.4, -0.2) is 64.5 Å². The average Bonchev–Trinajstić information content (AvgIpc) is 3.57. The van der Waals surface area contributed by atoms with Gasteiger partial charge in [0.2, 0.25) is 5.91 Å². The van der Waals surface area contributed by atoms with Crippen LogP contribution >= 0.6 is 0 Å². The van der Waals surface area contributed by atoms with Gasteiger partial charge in [0, 0.05) is 29.3 Å². The fourth-order valence-corrected chi connectivity index (χ4v) is 5.28. The number of carbonyl (C=O) groups excluding carboxylic acids is 3. The molecule has 0 unspecified atom stereocenters. The molecular weight excluding hydrogens is 538 g/mol. The van der Waals surface area contributed by atoms with E-state index < -0.39 is 38.0 Å². The summed E-state index contributed by atoms with van der Waals surface area (Å²) in [6, 6.07) is 17.7. The molecule has 1 atom stereocenters. The predicted octanol–water partition coefficient (Wildman–Crippen LogP) is -0.403. The summed E-state index contributed by atoms with van der Waals surface area (Å²) in [7, 11) is -2.28. The van der Waals surface area contributed by atoms with Gasteiger partial charge in [0.15, 0.2) is 0 Å². The zero-order chi connectivity index (χ0) is 29.4. The van der Waals surface area contributed by atoms with Crippen LogP contribution in [0.5, 0.6) is 0 Å². The predicted molar refractivity (Wildman–Crippen MR) is 155 cm³/mol. The highest BCUT2D eigenvalue weighted by atomic mass is 16.5. The van der Waals surface area contributed by atoms with Crippen LogP contribution in [0.1, 0.15) is 37.4 Å². The third-order valence-electron chi connectivity index (χ3n) is 7.56. The zero-order valence-electron chi connectivity index (χ0n) is 22.4. The Bertz CT molecular complexity index is 1710. The lowest BCUT2D eigenvalue weighted by molar-refractivity contribution is -0.120. The summed E-state index contributed by atoms with van der Waals surface area (Å²) in [5.41, 5.74) is 10.2. The molecule has 0 saturated heterocycles. The highest BCUT2D eigenvalue weighted by Gasteiger charge is 2.32. The topological polar surface area (TPSA) is 164 Å². The fourth-order valence-electron chi connectivity index (χ4n) is 5.28. The average molecular weight is 564 g/mol. The van der Waals surface area contributed by atoms with Crippen molar-refractivity contribution in [2.75, 3.05) is 6.54 Å². The van der Waals surface area contributed by atoms with Crippen molar-refractivity contribution in [2.45, 2.75) is 25.8 Å². The van der Waals surface area contributed by atoms with Crippen molar-refractivity contribution in [1.29, 1.82) is 0 Å². The smallest absolute Gasteiger partial charge is 0.423 e. The molecule has 0 fully saturated rings. The minimum Gasteiger partial charge on any atom is -0.423 e. The van der Waals surface area contributed by atoms with Gasteiger partial charge < -0.3 is 35.3 Å². The fraction of sp³-hybridized carbons (Fsp3) is 0.172. The molecule has 11 nitrogen and oxygen atoms in total. The van der Waals surface area contributed by atoms with Gasteiger partial charge in [-0.3, -0.25) is 19.4 Å². The summed E-state index contributed by atoms with van der Waals surface area (Å²) in [6.07, 6.45) is 1.68. The molecule has 13 heteroatoms. The Morgan fingerprint density at radius 1 is 0.929 bits per heavy atom. The molecule has 2 aliphatic rings. The zero-order valence-corrected chi connectivity index (χ0v) is 22.4. The molecule has 0 radical (unpaired) electrons.